The van der Waals surface area contributed by atoms with Crippen LogP contribution >= 0.6 is 12.4 Å². The highest BCUT2D eigenvalue weighted by Crippen LogP contribution is 2.23. The molecule has 102 valence electrons. The van der Waals surface area contributed by atoms with Crippen LogP contribution < -0.4 is 15.8 Å². The SMILES string of the molecule is Cc1cc(=O)oc2cc(N3CCNCC3)ccc12.Cl. The topological polar surface area (TPSA) is 45.5 Å². The Morgan fingerprint density at radius 3 is 2.68 bits per heavy atom. The second-order valence-corrected chi connectivity index (χ2v) is 4.67. The maximum atomic E-state index is 11.4. The number of piperazine rings is 1. The predicted molar refractivity (Wildman–Crippen MR) is 79.6 cm³/mol. The fourth-order valence-corrected chi connectivity index (χ4v) is 2.43. The molecule has 2 aromatic rings. The van der Waals surface area contributed by atoms with E-state index in [0.29, 0.717) is 5.58 Å². The zero-order chi connectivity index (χ0) is 12.5. The Balaban J connectivity index is 0.00000133. The summed E-state index contributed by atoms with van der Waals surface area (Å²) in [5, 5.41) is 4.33. The van der Waals surface area contributed by atoms with Crippen molar-refractivity contribution in [1.82, 2.24) is 5.32 Å². The number of benzene rings is 1. The lowest BCUT2D eigenvalue weighted by molar-refractivity contribution is 0.558. The summed E-state index contributed by atoms with van der Waals surface area (Å²) >= 11 is 0. The van der Waals surface area contributed by atoms with Gasteiger partial charge in [-0.3, -0.25) is 0 Å². The first-order valence-corrected chi connectivity index (χ1v) is 6.24. The number of hydrogen-bond donors (Lipinski definition) is 1. The van der Waals surface area contributed by atoms with Gasteiger partial charge in [0.15, 0.2) is 0 Å². The lowest BCUT2D eigenvalue weighted by Gasteiger charge is -2.29. The van der Waals surface area contributed by atoms with E-state index < -0.39 is 0 Å². The smallest absolute Gasteiger partial charge is 0.336 e. The summed E-state index contributed by atoms with van der Waals surface area (Å²) in [5.41, 5.74) is 2.49. The first-order chi connectivity index (χ1) is 8.74. The average molecular weight is 281 g/mol. The van der Waals surface area contributed by atoms with Crippen LogP contribution in [0.5, 0.6) is 0 Å². The van der Waals surface area contributed by atoms with E-state index in [1.54, 1.807) is 0 Å². The van der Waals surface area contributed by atoms with Gasteiger partial charge in [0.25, 0.3) is 0 Å². The van der Waals surface area contributed by atoms with Gasteiger partial charge in [-0.1, -0.05) is 0 Å². The average Bonchev–Trinajstić information content (AvgIpc) is 2.39. The van der Waals surface area contributed by atoms with Gasteiger partial charge in [0, 0.05) is 49.4 Å². The van der Waals surface area contributed by atoms with Crippen LogP contribution in [-0.4, -0.2) is 26.2 Å². The Labute approximate surface area is 117 Å². The fourth-order valence-electron chi connectivity index (χ4n) is 2.43. The number of aryl methyl sites for hydroxylation is 1. The Morgan fingerprint density at radius 1 is 1.21 bits per heavy atom. The summed E-state index contributed by atoms with van der Waals surface area (Å²) < 4.78 is 5.28. The number of fused-ring (bicyclic) bond motifs is 1. The van der Waals surface area contributed by atoms with Crippen LogP contribution in [0.2, 0.25) is 0 Å². The molecule has 0 unspecified atom stereocenters. The Kier molecular flexibility index (Phi) is 4.12. The molecule has 1 fully saturated rings. The highest BCUT2D eigenvalue weighted by atomic mass is 35.5. The highest BCUT2D eigenvalue weighted by molar-refractivity contribution is 5.85. The van der Waals surface area contributed by atoms with Crippen LogP contribution in [0, 0.1) is 6.92 Å². The van der Waals surface area contributed by atoms with E-state index in [-0.39, 0.29) is 18.0 Å². The molecule has 2 heterocycles. The summed E-state index contributed by atoms with van der Waals surface area (Å²) in [4.78, 5) is 13.7. The minimum Gasteiger partial charge on any atom is -0.423 e. The summed E-state index contributed by atoms with van der Waals surface area (Å²) in [6, 6.07) is 7.63. The van der Waals surface area contributed by atoms with Crippen molar-refractivity contribution in [2.45, 2.75) is 6.92 Å². The van der Waals surface area contributed by atoms with Gasteiger partial charge in [0.2, 0.25) is 0 Å². The van der Waals surface area contributed by atoms with E-state index in [9.17, 15) is 4.79 Å². The lowest BCUT2D eigenvalue weighted by Crippen LogP contribution is -2.43. The van der Waals surface area contributed by atoms with Gasteiger partial charge >= 0.3 is 5.63 Å². The molecule has 3 rings (SSSR count). The molecular weight excluding hydrogens is 264 g/mol. The predicted octanol–water partition coefficient (Wildman–Crippen LogP) is 1.93. The molecule has 1 aromatic carbocycles. The minimum atomic E-state index is -0.280. The molecule has 1 N–H and O–H groups in total. The summed E-state index contributed by atoms with van der Waals surface area (Å²) in [6.45, 7) is 5.90. The number of halogens is 1. The molecule has 1 aromatic heterocycles. The summed E-state index contributed by atoms with van der Waals surface area (Å²) in [7, 11) is 0. The standard InChI is InChI=1S/C14H16N2O2.ClH/c1-10-8-14(17)18-13-9-11(2-3-12(10)13)16-6-4-15-5-7-16;/h2-3,8-9,15H,4-7H2,1H3;1H. The van der Waals surface area contributed by atoms with Crippen molar-refractivity contribution >= 4 is 29.1 Å². The van der Waals surface area contributed by atoms with E-state index in [2.05, 4.69) is 16.3 Å². The van der Waals surface area contributed by atoms with Crippen molar-refractivity contribution in [2.75, 3.05) is 31.1 Å². The van der Waals surface area contributed by atoms with E-state index in [0.717, 1.165) is 42.8 Å². The minimum absolute atomic E-state index is 0. The molecule has 0 amide bonds. The van der Waals surface area contributed by atoms with Gasteiger partial charge in [-0.25, -0.2) is 4.79 Å². The molecule has 1 aliphatic rings. The Hall–Kier alpha value is -1.52. The van der Waals surface area contributed by atoms with Crippen molar-refractivity contribution in [2.24, 2.45) is 0 Å². The van der Waals surface area contributed by atoms with Crippen molar-refractivity contribution in [3.8, 4) is 0 Å². The zero-order valence-electron chi connectivity index (χ0n) is 10.8. The molecule has 0 bridgehead atoms. The van der Waals surface area contributed by atoms with Gasteiger partial charge in [0.05, 0.1) is 0 Å². The third kappa shape index (κ3) is 2.74. The van der Waals surface area contributed by atoms with Crippen LogP contribution in [0.15, 0.2) is 33.5 Å². The van der Waals surface area contributed by atoms with Crippen molar-refractivity contribution < 1.29 is 4.42 Å². The molecule has 4 nitrogen and oxygen atoms in total. The van der Waals surface area contributed by atoms with Gasteiger partial charge in [-0.2, -0.15) is 0 Å². The Morgan fingerprint density at radius 2 is 1.95 bits per heavy atom. The lowest BCUT2D eigenvalue weighted by atomic mass is 10.1. The number of nitrogens with one attached hydrogen (secondary N) is 1. The molecule has 0 atom stereocenters. The molecule has 1 aliphatic heterocycles. The van der Waals surface area contributed by atoms with Gasteiger partial charge in [-0.15, -0.1) is 12.4 Å². The quantitative estimate of drug-likeness (QED) is 0.811. The molecule has 0 aliphatic carbocycles. The van der Waals surface area contributed by atoms with Crippen LogP contribution in [0.3, 0.4) is 0 Å². The first-order valence-electron chi connectivity index (χ1n) is 6.24. The van der Waals surface area contributed by atoms with Gasteiger partial charge < -0.3 is 14.6 Å². The van der Waals surface area contributed by atoms with Gasteiger partial charge in [0.1, 0.15) is 5.58 Å². The number of nitrogens with zero attached hydrogens (tertiary/aromatic N) is 1. The summed E-state index contributed by atoms with van der Waals surface area (Å²) in [6.07, 6.45) is 0. The van der Waals surface area contributed by atoms with Crippen molar-refractivity contribution in [3.63, 3.8) is 0 Å². The zero-order valence-corrected chi connectivity index (χ0v) is 11.6. The largest absolute Gasteiger partial charge is 0.423 e. The third-order valence-electron chi connectivity index (χ3n) is 3.42. The van der Waals surface area contributed by atoms with Crippen molar-refractivity contribution in [3.05, 3.63) is 40.2 Å². The molecule has 0 radical (unpaired) electrons. The normalized spacial score (nSPS) is 15.3. The van der Waals surface area contributed by atoms with Crippen LogP contribution in [-0.2, 0) is 0 Å². The van der Waals surface area contributed by atoms with Gasteiger partial charge in [-0.05, 0) is 24.6 Å². The monoisotopic (exact) mass is 280 g/mol. The second kappa shape index (κ2) is 5.63. The molecule has 19 heavy (non-hydrogen) atoms. The summed E-state index contributed by atoms with van der Waals surface area (Å²) in [5.74, 6) is 0. The van der Waals surface area contributed by atoms with Crippen molar-refractivity contribution in [1.29, 1.82) is 0 Å². The molecule has 0 saturated carbocycles. The fraction of sp³-hybridized carbons (Fsp3) is 0.357. The molecule has 0 spiro atoms. The maximum absolute atomic E-state index is 11.4. The van der Waals surface area contributed by atoms with E-state index >= 15 is 0 Å². The van der Waals surface area contributed by atoms with Crippen LogP contribution in [0.4, 0.5) is 5.69 Å². The second-order valence-electron chi connectivity index (χ2n) is 4.67. The Bertz CT molecular complexity index is 633. The highest BCUT2D eigenvalue weighted by Gasteiger charge is 2.11. The third-order valence-corrected chi connectivity index (χ3v) is 3.42. The molecule has 5 heteroatoms. The van der Waals surface area contributed by atoms with Crippen LogP contribution in [0.25, 0.3) is 11.0 Å². The maximum Gasteiger partial charge on any atom is 0.336 e. The van der Waals surface area contributed by atoms with Crippen LogP contribution in [0.1, 0.15) is 5.56 Å². The molecular formula is C14H17ClN2O2. The van der Waals surface area contributed by atoms with E-state index in [1.165, 1.54) is 6.07 Å². The van der Waals surface area contributed by atoms with E-state index in [1.807, 2.05) is 19.1 Å². The molecule has 1 saturated heterocycles. The number of anilines is 1. The van der Waals surface area contributed by atoms with E-state index in [4.69, 9.17) is 4.42 Å². The number of hydrogen-bond acceptors (Lipinski definition) is 4. The first kappa shape index (κ1) is 13.9. The number of rotatable bonds is 1.